The fourth-order valence-electron chi connectivity index (χ4n) is 2.81. The number of fused-ring (bicyclic) bond motifs is 1. The van der Waals surface area contributed by atoms with Gasteiger partial charge < -0.3 is 10.2 Å². The Bertz CT molecular complexity index is 982. The summed E-state index contributed by atoms with van der Waals surface area (Å²) in [7, 11) is 0. The summed E-state index contributed by atoms with van der Waals surface area (Å²) in [6, 6.07) is 13.3. The molecule has 0 aliphatic carbocycles. The molecule has 2 aromatic rings. The number of hydrogen-bond donors (Lipinski definition) is 2. The molecule has 0 amide bonds. The first kappa shape index (κ1) is 16.0. The van der Waals surface area contributed by atoms with Gasteiger partial charge in [-0.15, -0.1) is 0 Å². The van der Waals surface area contributed by atoms with Crippen LogP contribution in [0.25, 0.3) is 5.57 Å². The molecular formula is C18H12ClNO4. The Balaban J connectivity index is 2.41. The number of rotatable bonds is 4. The number of hydrogen-bond acceptors (Lipinski definition) is 3. The number of carbonyl (C=O) groups is 2. The van der Waals surface area contributed by atoms with Crippen LogP contribution in [0, 0.1) is 0 Å². The largest absolute Gasteiger partial charge is 0.479 e. The molecule has 1 aliphatic heterocycles. The molecular weight excluding hydrogens is 330 g/mol. The van der Waals surface area contributed by atoms with Gasteiger partial charge in [-0.2, -0.15) is 0 Å². The van der Waals surface area contributed by atoms with Crippen molar-refractivity contribution in [3.63, 3.8) is 0 Å². The van der Waals surface area contributed by atoms with Crippen molar-refractivity contribution >= 4 is 29.1 Å². The van der Waals surface area contributed by atoms with Gasteiger partial charge in [-0.25, -0.2) is 9.59 Å². The van der Waals surface area contributed by atoms with Gasteiger partial charge in [0, 0.05) is 21.9 Å². The van der Waals surface area contributed by atoms with E-state index in [0.29, 0.717) is 21.2 Å². The standard InChI is InChI=1S/C18H12ClNO4/c19-12-6-7-13-14(8-9-16(21)22)18(17(23)24,20-15(13)10-12)11-4-2-1-3-5-11/h1-10H,(H,21,22)(H,23,24). The number of aliphatic carboxylic acids is 2. The average Bonchev–Trinajstić information content (AvgIpc) is 2.88. The SMILES string of the molecule is O=C(O)C=CC1=c2ccc(Cl)cc2=NC1(C(=O)O)c1ccccc1. The number of carboxylic acids is 2. The number of nitrogens with zero attached hydrogens (tertiary/aromatic N) is 1. The van der Waals surface area contributed by atoms with Crippen molar-refractivity contribution in [1.82, 2.24) is 0 Å². The van der Waals surface area contributed by atoms with Gasteiger partial charge in [0.1, 0.15) is 0 Å². The summed E-state index contributed by atoms with van der Waals surface area (Å²) in [6.07, 6.45) is 2.20. The second-order valence-corrected chi connectivity index (χ2v) is 5.68. The highest BCUT2D eigenvalue weighted by Gasteiger charge is 2.45. The van der Waals surface area contributed by atoms with Crippen molar-refractivity contribution in [2.24, 2.45) is 4.99 Å². The van der Waals surface area contributed by atoms with E-state index < -0.39 is 17.5 Å². The second kappa shape index (κ2) is 5.94. The molecule has 0 fully saturated rings. The third-order valence-electron chi connectivity index (χ3n) is 3.82. The van der Waals surface area contributed by atoms with Crippen molar-refractivity contribution in [3.8, 4) is 0 Å². The molecule has 1 aliphatic rings. The summed E-state index contributed by atoms with van der Waals surface area (Å²) >= 11 is 5.99. The van der Waals surface area contributed by atoms with Crippen LogP contribution in [-0.2, 0) is 15.1 Å². The first-order chi connectivity index (χ1) is 11.4. The van der Waals surface area contributed by atoms with Crippen molar-refractivity contribution in [1.29, 1.82) is 0 Å². The fourth-order valence-corrected chi connectivity index (χ4v) is 2.98. The zero-order valence-corrected chi connectivity index (χ0v) is 13.1. The van der Waals surface area contributed by atoms with E-state index in [1.54, 1.807) is 48.5 Å². The number of carboxylic acid groups (broad SMARTS) is 2. The minimum absolute atomic E-state index is 0.287. The molecule has 5 nitrogen and oxygen atoms in total. The van der Waals surface area contributed by atoms with Gasteiger partial charge in [-0.1, -0.05) is 48.0 Å². The van der Waals surface area contributed by atoms with E-state index in [-0.39, 0.29) is 5.57 Å². The van der Waals surface area contributed by atoms with Gasteiger partial charge in [0.2, 0.25) is 5.54 Å². The van der Waals surface area contributed by atoms with Crippen molar-refractivity contribution in [2.45, 2.75) is 5.54 Å². The van der Waals surface area contributed by atoms with Crippen molar-refractivity contribution < 1.29 is 19.8 Å². The monoisotopic (exact) mass is 341 g/mol. The predicted octanol–water partition coefficient (Wildman–Crippen LogP) is 1.74. The van der Waals surface area contributed by atoms with E-state index >= 15 is 0 Å². The lowest BCUT2D eigenvalue weighted by atomic mass is 9.83. The molecule has 3 rings (SSSR count). The predicted molar refractivity (Wildman–Crippen MR) is 88.2 cm³/mol. The van der Waals surface area contributed by atoms with E-state index in [1.807, 2.05) is 0 Å². The Morgan fingerprint density at radius 1 is 1.08 bits per heavy atom. The van der Waals surface area contributed by atoms with Gasteiger partial charge in [0.05, 0.1) is 5.36 Å². The molecule has 1 unspecified atom stereocenters. The highest BCUT2D eigenvalue weighted by atomic mass is 35.5. The summed E-state index contributed by atoms with van der Waals surface area (Å²) in [5.74, 6) is -2.36. The van der Waals surface area contributed by atoms with Gasteiger partial charge in [0.15, 0.2) is 0 Å². The molecule has 0 bridgehead atoms. The van der Waals surface area contributed by atoms with Crippen LogP contribution >= 0.6 is 11.6 Å². The lowest BCUT2D eigenvalue weighted by molar-refractivity contribution is -0.141. The van der Waals surface area contributed by atoms with E-state index in [2.05, 4.69) is 4.99 Å². The summed E-state index contributed by atoms with van der Waals surface area (Å²) in [6.45, 7) is 0. The van der Waals surface area contributed by atoms with Crippen LogP contribution in [0.2, 0.25) is 5.02 Å². The molecule has 2 aromatic carbocycles. The highest BCUT2D eigenvalue weighted by Crippen LogP contribution is 2.37. The Kier molecular flexibility index (Phi) is 3.95. The Hall–Kier alpha value is -2.92. The first-order valence-electron chi connectivity index (χ1n) is 7.05. The number of benzene rings is 2. The molecule has 0 saturated carbocycles. The summed E-state index contributed by atoms with van der Waals surface area (Å²) in [4.78, 5) is 27.6. The molecule has 120 valence electrons. The summed E-state index contributed by atoms with van der Waals surface area (Å²) < 4.78 is 0. The highest BCUT2D eigenvalue weighted by molar-refractivity contribution is 6.30. The van der Waals surface area contributed by atoms with E-state index in [9.17, 15) is 14.7 Å². The minimum atomic E-state index is -1.71. The average molecular weight is 342 g/mol. The first-order valence-corrected chi connectivity index (χ1v) is 7.43. The van der Waals surface area contributed by atoms with Crippen LogP contribution in [0.5, 0.6) is 0 Å². The normalized spacial score (nSPS) is 19.1. The lowest BCUT2D eigenvalue weighted by Gasteiger charge is -2.24. The zero-order chi connectivity index (χ0) is 17.3. The van der Waals surface area contributed by atoms with Crippen LogP contribution in [-0.4, -0.2) is 22.2 Å². The third-order valence-corrected chi connectivity index (χ3v) is 4.06. The van der Waals surface area contributed by atoms with Crippen LogP contribution in [0.15, 0.2) is 65.7 Å². The van der Waals surface area contributed by atoms with E-state index in [0.717, 1.165) is 6.08 Å². The minimum Gasteiger partial charge on any atom is -0.479 e. The van der Waals surface area contributed by atoms with Crippen LogP contribution in [0.4, 0.5) is 0 Å². The maximum absolute atomic E-state index is 12.2. The molecule has 0 aromatic heterocycles. The Labute approximate surface area is 141 Å². The van der Waals surface area contributed by atoms with E-state index in [1.165, 1.54) is 6.08 Å². The fraction of sp³-hybridized carbons (Fsp3) is 0.0556. The molecule has 0 spiro atoms. The molecule has 1 atom stereocenters. The Morgan fingerprint density at radius 2 is 1.79 bits per heavy atom. The molecule has 24 heavy (non-hydrogen) atoms. The number of halogens is 1. The topological polar surface area (TPSA) is 87.0 Å². The van der Waals surface area contributed by atoms with Gasteiger partial charge in [-0.05, 0) is 23.8 Å². The maximum atomic E-state index is 12.2. The Morgan fingerprint density at radius 3 is 2.42 bits per heavy atom. The van der Waals surface area contributed by atoms with Gasteiger partial charge >= 0.3 is 11.9 Å². The van der Waals surface area contributed by atoms with Gasteiger partial charge in [-0.3, -0.25) is 4.99 Å². The van der Waals surface area contributed by atoms with Crippen molar-refractivity contribution in [2.75, 3.05) is 0 Å². The molecule has 1 heterocycles. The lowest BCUT2D eigenvalue weighted by Crippen LogP contribution is -2.34. The van der Waals surface area contributed by atoms with Crippen LogP contribution in [0.3, 0.4) is 0 Å². The smallest absolute Gasteiger partial charge is 0.341 e. The maximum Gasteiger partial charge on any atom is 0.341 e. The van der Waals surface area contributed by atoms with Crippen molar-refractivity contribution in [3.05, 3.63) is 81.8 Å². The van der Waals surface area contributed by atoms with Gasteiger partial charge in [0.25, 0.3) is 0 Å². The molecule has 0 saturated heterocycles. The third kappa shape index (κ3) is 2.49. The molecule has 6 heteroatoms. The quantitative estimate of drug-likeness (QED) is 0.829. The molecule has 2 N–H and O–H groups in total. The van der Waals surface area contributed by atoms with Crippen LogP contribution in [0.1, 0.15) is 5.56 Å². The molecule has 0 radical (unpaired) electrons. The summed E-state index contributed by atoms with van der Waals surface area (Å²) in [5, 5.41) is 20.3. The van der Waals surface area contributed by atoms with E-state index in [4.69, 9.17) is 16.7 Å². The zero-order valence-electron chi connectivity index (χ0n) is 12.3. The second-order valence-electron chi connectivity index (χ2n) is 5.24. The summed E-state index contributed by atoms with van der Waals surface area (Å²) in [5.41, 5.74) is -0.981. The van der Waals surface area contributed by atoms with Crippen LogP contribution < -0.4 is 10.6 Å².